The van der Waals surface area contributed by atoms with E-state index in [-0.39, 0.29) is 0 Å². The van der Waals surface area contributed by atoms with Crippen LogP contribution in [0.5, 0.6) is 0 Å². The first kappa shape index (κ1) is 11.1. The number of carboxylic acid groups (broad SMARTS) is 1. The van der Waals surface area contributed by atoms with Crippen molar-refractivity contribution >= 4 is 61.0 Å². The lowest BCUT2D eigenvalue weighted by molar-refractivity contribution is -0.143. The van der Waals surface area contributed by atoms with E-state index in [1.54, 1.807) is 0 Å². The number of hydrogen-bond acceptors (Lipinski definition) is 1. The van der Waals surface area contributed by atoms with Gasteiger partial charge in [0.15, 0.2) is 3.24 Å². The molecule has 0 aliphatic heterocycles. The van der Waals surface area contributed by atoms with Crippen molar-refractivity contribution in [1.29, 1.82) is 0 Å². The van der Waals surface area contributed by atoms with Crippen LogP contribution in [-0.2, 0) is 4.79 Å². The predicted molar refractivity (Wildman–Crippen MR) is 55.4 cm³/mol. The third-order valence-corrected chi connectivity index (χ3v) is 5.59. The molecule has 1 saturated carbocycles. The Bertz CT molecular complexity index is 210. The number of aliphatic carboxylic acids is 1. The molecule has 2 nitrogen and oxygen atoms in total. The molecule has 0 spiro atoms. The fraction of sp³-hybridized carbons (Fsp3) is 0.833. The first-order valence-corrected chi connectivity index (χ1v) is 5.71. The molecule has 0 aromatic carbocycles. The molecule has 0 radical (unpaired) electrons. The van der Waals surface area contributed by atoms with Crippen molar-refractivity contribution in [3.8, 4) is 0 Å². The second-order valence-electron chi connectivity index (χ2n) is 2.87. The zero-order valence-electron chi connectivity index (χ0n) is 5.86. The summed E-state index contributed by atoms with van der Waals surface area (Å²) < 4.78 is -1.22. The first-order chi connectivity index (χ1) is 5.31. The molecular weight excluding hydrogens is 335 g/mol. The van der Waals surface area contributed by atoms with Gasteiger partial charge >= 0.3 is 5.97 Å². The Balaban J connectivity index is 2.77. The predicted octanol–water partition coefficient (Wildman–Crippen LogP) is 3.14. The fourth-order valence-corrected chi connectivity index (χ4v) is 2.53. The van der Waals surface area contributed by atoms with Crippen LogP contribution in [0.15, 0.2) is 0 Å². The van der Waals surface area contributed by atoms with E-state index in [1.165, 1.54) is 0 Å². The smallest absolute Gasteiger partial charge is 0.310 e. The van der Waals surface area contributed by atoms with Gasteiger partial charge in [0.25, 0.3) is 0 Å². The maximum Gasteiger partial charge on any atom is 0.310 e. The van der Waals surface area contributed by atoms with Crippen molar-refractivity contribution < 1.29 is 9.90 Å². The average molecular weight is 341 g/mol. The molecule has 0 aromatic rings. The lowest BCUT2D eigenvalue weighted by Gasteiger charge is -2.24. The molecule has 12 heavy (non-hydrogen) atoms. The largest absolute Gasteiger partial charge is 0.481 e. The standard InChI is InChI=1S/C6H6Br2Cl2O2/c7-3(6(8,9)10)5(1-2-5)4(11)12/h3H,1-2H2,(H,11,12)/t3-/m1/s1. The monoisotopic (exact) mass is 338 g/mol. The van der Waals surface area contributed by atoms with E-state index in [0.717, 1.165) is 0 Å². The molecule has 0 saturated heterocycles. The normalized spacial score (nSPS) is 23.3. The molecule has 1 aliphatic carbocycles. The fourth-order valence-electron chi connectivity index (χ4n) is 1.02. The Hall–Kier alpha value is 1.01. The summed E-state index contributed by atoms with van der Waals surface area (Å²) in [7, 11) is 0. The van der Waals surface area contributed by atoms with E-state index in [1.807, 2.05) is 0 Å². The summed E-state index contributed by atoms with van der Waals surface area (Å²) in [6, 6.07) is 0. The summed E-state index contributed by atoms with van der Waals surface area (Å²) in [5, 5.41) is 8.87. The summed E-state index contributed by atoms with van der Waals surface area (Å²) in [4.78, 5) is 10.3. The van der Waals surface area contributed by atoms with Crippen molar-refractivity contribution in [3.05, 3.63) is 0 Å². The summed E-state index contributed by atoms with van der Waals surface area (Å²) in [5.41, 5.74) is -0.785. The molecule has 1 aliphatic rings. The minimum absolute atomic E-state index is 0.474. The first-order valence-electron chi connectivity index (χ1n) is 3.25. The lowest BCUT2D eigenvalue weighted by Crippen LogP contribution is -2.34. The molecule has 6 heteroatoms. The summed E-state index contributed by atoms with van der Waals surface area (Å²) in [6.07, 6.45) is 1.23. The van der Waals surface area contributed by atoms with E-state index in [0.29, 0.717) is 12.8 Å². The van der Waals surface area contributed by atoms with Crippen molar-refractivity contribution in [2.45, 2.75) is 20.9 Å². The van der Waals surface area contributed by atoms with Crippen LogP contribution in [0.25, 0.3) is 0 Å². The van der Waals surface area contributed by atoms with Gasteiger partial charge in [-0.1, -0.05) is 39.1 Å². The molecular formula is C6H6Br2Cl2O2. The Labute approximate surface area is 96.9 Å². The zero-order chi connectivity index (χ0) is 9.57. The molecule has 0 heterocycles. The summed E-state index contributed by atoms with van der Waals surface area (Å²) in [6.45, 7) is 0. The quantitative estimate of drug-likeness (QED) is 0.801. The minimum atomic E-state index is -1.22. The Kier molecular flexibility index (Phi) is 3.05. The highest BCUT2D eigenvalue weighted by atomic mass is 79.9. The van der Waals surface area contributed by atoms with Crippen LogP contribution in [-0.4, -0.2) is 19.1 Å². The van der Waals surface area contributed by atoms with Crippen molar-refractivity contribution in [2.75, 3.05) is 0 Å². The molecule has 0 aromatic heterocycles. The van der Waals surface area contributed by atoms with E-state index < -0.39 is 19.5 Å². The second kappa shape index (κ2) is 3.30. The van der Waals surface area contributed by atoms with Gasteiger partial charge in [-0.2, -0.15) is 0 Å². The van der Waals surface area contributed by atoms with Crippen LogP contribution in [0, 0.1) is 5.41 Å². The highest BCUT2D eigenvalue weighted by molar-refractivity contribution is 9.13. The van der Waals surface area contributed by atoms with E-state index in [4.69, 9.17) is 28.3 Å². The van der Waals surface area contributed by atoms with Gasteiger partial charge in [-0.15, -0.1) is 0 Å². The molecule has 1 rings (SSSR count). The van der Waals surface area contributed by atoms with Gasteiger partial charge < -0.3 is 5.11 Å². The van der Waals surface area contributed by atoms with Gasteiger partial charge in [0.05, 0.1) is 10.2 Å². The highest BCUT2D eigenvalue weighted by Crippen LogP contribution is 2.58. The van der Waals surface area contributed by atoms with Crippen LogP contribution in [0.1, 0.15) is 12.8 Å². The van der Waals surface area contributed by atoms with Crippen LogP contribution >= 0.6 is 55.1 Å². The number of rotatable bonds is 3. The third kappa shape index (κ3) is 1.91. The van der Waals surface area contributed by atoms with E-state index in [2.05, 4.69) is 31.9 Å². The maximum absolute atomic E-state index is 10.8. The van der Waals surface area contributed by atoms with Gasteiger partial charge in [-0.3, -0.25) is 4.79 Å². The molecule has 0 amide bonds. The van der Waals surface area contributed by atoms with Crippen molar-refractivity contribution in [1.82, 2.24) is 0 Å². The lowest BCUT2D eigenvalue weighted by atomic mass is 10.0. The maximum atomic E-state index is 10.8. The SMILES string of the molecule is O=C(O)C1([C@@H](Br)C(Cl)(Cl)Br)CC1. The molecule has 1 N–H and O–H groups in total. The Morgan fingerprint density at radius 2 is 2.00 bits per heavy atom. The van der Waals surface area contributed by atoms with Gasteiger partial charge in [0.2, 0.25) is 0 Å². The van der Waals surface area contributed by atoms with E-state index in [9.17, 15) is 4.79 Å². The van der Waals surface area contributed by atoms with Crippen molar-refractivity contribution in [2.24, 2.45) is 5.41 Å². The molecule has 70 valence electrons. The van der Waals surface area contributed by atoms with Crippen LogP contribution < -0.4 is 0 Å². The second-order valence-corrected chi connectivity index (χ2v) is 7.33. The zero-order valence-corrected chi connectivity index (χ0v) is 10.5. The number of hydrogen-bond donors (Lipinski definition) is 1. The number of halogens is 4. The van der Waals surface area contributed by atoms with E-state index >= 15 is 0 Å². The van der Waals surface area contributed by atoms with Crippen LogP contribution in [0.2, 0.25) is 0 Å². The number of carbonyl (C=O) groups is 1. The third-order valence-electron chi connectivity index (χ3n) is 1.99. The van der Waals surface area contributed by atoms with Crippen LogP contribution in [0.4, 0.5) is 0 Å². The topological polar surface area (TPSA) is 37.3 Å². The number of alkyl halides is 4. The minimum Gasteiger partial charge on any atom is -0.481 e. The Morgan fingerprint density at radius 3 is 2.08 bits per heavy atom. The van der Waals surface area contributed by atoms with Gasteiger partial charge in [0, 0.05) is 0 Å². The van der Waals surface area contributed by atoms with Gasteiger partial charge in [0.1, 0.15) is 0 Å². The summed E-state index contributed by atoms with van der Waals surface area (Å²) >= 11 is 17.6. The number of carboxylic acids is 1. The average Bonchev–Trinajstić information content (AvgIpc) is 2.62. The van der Waals surface area contributed by atoms with Gasteiger partial charge in [-0.25, -0.2) is 0 Å². The van der Waals surface area contributed by atoms with Gasteiger partial charge in [-0.05, 0) is 28.8 Å². The molecule has 1 atom stereocenters. The molecule has 1 fully saturated rings. The summed E-state index contributed by atoms with van der Waals surface area (Å²) in [5.74, 6) is -0.852. The molecule has 0 bridgehead atoms. The van der Waals surface area contributed by atoms with Crippen LogP contribution in [0.3, 0.4) is 0 Å². The van der Waals surface area contributed by atoms with Crippen molar-refractivity contribution in [3.63, 3.8) is 0 Å². The highest BCUT2D eigenvalue weighted by Gasteiger charge is 2.60. The molecule has 0 unspecified atom stereocenters. The Morgan fingerprint density at radius 1 is 1.58 bits per heavy atom.